The molecule has 4 nitrogen and oxygen atoms in total. The van der Waals surface area contributed by atoms with Gasteiger partial charge in [-0.2, -0.15) is 0 Å². The Hall–Kier alpha value is -2.11. The van der Waals surface area contributed by atoms with Crippen LogP contribution in [0, 0.1) is 6.92 Å². The van der Waals surface area contributed by atoms with E-state index in [-0.39, 0.29) is 16.5 Å². The van der Waals surface area contributed by atoms with Crippen molar-refractivity contribution < 1.29 is 14.7 Å². The van der Waals surface area contributed by atoms with Gasteiger partial charge < -0.3 is 10.4 Å². The number of carbonyl (C=O) groups is 2. The van der Waals surface area contributed by atoms with Crippen molar-refractivity contribution in [3.8, 4) is 0 Å². The van der Waals surface area contributed by atoms with E-state index in [4.69, 9.17) is 16.7 Å². The number of anilines is 1. The van der Waals surface area contributed by atoms with Crippen LogP contribution in [0.1, 0.15) is 20.1 Å². The normalized spacial score (nSPS) is 10.8. The van der Waals surface area contributed by atoms with Crippen molar-refractivity contribution in [3.05, 3.63) is 56.7 Å². The van der Waals surface area contributed by atoms with Crippen molar-refractivity contribution in [3.63, 3.8) is 0 Å². The number of hydrogen-bond donors (Lipinski definition) is 2. The lowest BCUT2D eigenvalue weighted by Crippen LogP contribution is -2.08. The van der Waals surface area contributed by atoms with Gasteiger partial charge >= 0.3 is 5.97 Å². The summed E-state index contributed by atoms with van der Waals surface area (Å²) in [4.78, 5) is 24.7. The predicted octanol–water partition coefficient (Wildman–Crippen LogP) is 4.06. The quantitative estimate of drug-likeness (QED) is 0.834. The number of carboxylic acids is 1. The van der Waals surface area contributed by atoms with Crippen molar-refractivity contribution in [1.82, 2.24) is 0 Å². The monoisotopic (exact) mass is 321 g/mol. The third kappa shape index (κ3) is 4.18. The molecule has 1 aromatic carbocycles. The first-order chi connectivity index (χ1) is 9.95. The molecule has 0 saturated carbocycles. The Bertz CT molecular complexity index is 721. The summed E-state index contributed by atoms with van der Waals surface area (Å²) in [6.07, 6.45) is 3.12. The number of amides is 1. The number of aryl methyl sites for hydroxylation is 1. The average molecular weight is 322 g/mol. The summed E-state index contributed by atoms with van der Waals surface area (Å²) in [5.41, 5.74) is 0.446. The van der Waals surface area contributed by atoms with Gasteiger partial charge in [0, 0.05) is 15.8 Å². The third-order valence-electron chi connectivity index (χ3n) is 2.63. The fourth-order valence-corrected chi connectivity index (χ4v) is 2.63. The van der Waals surface area contributed by atoms with Gasteiger partial charge in [-0.1, -0.05) is 11.6 Å². The van der Waals surface area contributed by atoms with Gasteiger partial charge in [0.15, 0.2) is 0 Å². The topological polar surface area (TPSA) is 66.4 Å². The first-order valence-corrected chi connectivity index (χ1v) is 7.23. The second-order valence-electron chi connectivity index (χ2n) is 4.27. The van der Waals surface area contributed by atoms with E-state index in [0.29, 0.717) is 5.69 Å². The van der Waals surface area contributed by atoms with E-state index in [1.165, 1.54) is 29.2 Å². The van der Waals surface area contributed by atoms with Crippen LogP contribution in [-0.2, 0) is 4.79 Å². The first kappa shape index (κ1) is 15.3. The summed E-state index contributed by atoms with van der Waals surface area (Å²) >= 11 is 7.52. The second kappa shape index (κ2) is 6.56. The molecule has 1 aromatic heterocycles. The number of carbonyl (C=O) groups excluding carboxylic acids is 1. The molecule has 0 aliphatic rings. The van der Waals surface area contributed by atoms with Crippen molar-refractivity contribution in [2.24, 2.45) is 0 Å². The minimum absolute atomic E-state index is 0.0719. The Morgan fingerprint density at radius 1 is 1.29 bits per heavy atom. The Balaban J connectivity index is 2.06. The van der Waals surface area contributed by atoms with Crippen LogP contribution >= 0.6 is 22.9 Å². The molecule has 0 aliphatic carbocycles. The van der Waals surface area contributed by atoms with Gasteiger partial charge in [-0.05, 0) is 43.3 Å². The second-order valence-corrected chi connectivity index (χ2v) is 6.00. The van der Waals surface area contributed by atoms with Crippen LogP contribution in [0.15, 0.2) is 36.4 Å². The zero-order valence-corrected chi connectivity index (χ0v) is 12.7. The van der Waals surface area contributed by atoms with Gasteiger partial charge in [-0.25, -0.2) is 4.79 Å². The van der Waals surface area contributed by atoms with E-state index in [0.717, 1.165) is 4.88 Å². The number of benzene rings is 1. The molecule has 0 unspecified atom stereocenters. The highest BCUT2D eigenvalue weighted by atomic mass is 35.5. The third-order valence-corrected chi connectivity index (χ3v) is 3.91. The van der Waals surface area contributed by atoms with E-state index < -0.39 is 5.97 Å². The number of halogens is 1. The maximum Gasteiger partial charge on any atom is 0.335 e. The lowest BCUT2D eigenvalue weighted by atomic mass is 10.2. The highest BCUT2D eigenvalue weighted by Gasteiger charge is 2.08. The summed E-state index contributed by atoms with van der Waals surface area (Å²) in [6.45, 7) is 1.99. The van der Waals surface area contributed by atoms with E-state index in [1.54, 1.807) is 17.4 Å². The van der Waals surface area contributed by atoms with E-state index in [1.807, 2.05) is 19.1 Å². The summed E-state index contributed by atoms with van der Waals surface area (Å²) in [7, 11) is 0. The zero-order valence-electron chi connectivity index (χ0n) is 11.1. The number of hydrogen-bond acceptors (Lipinski definition) is 3. The maximum absolute atomic E-state index is 11.8. The van der Waals surface area contributed by atoms with Crippen LogP contribution in [-0.4, -0.2) is 17.0 Å². The van der Waals surface area contributed by atoms with Crippen LogP contribution < -0.4 is 5.32 Å². The Kier molecular flexibility index (Phi) is 4.77. The van der Waals surface area contributed by atoms with Gasteiger partial charge in [0.25, 0.3) is 0 Å². The van der Waals surface area contributed by atoms with Crippen molar-refractivity contribution in [2.45, 2.75) is 6.92 Å². The molecular weight excluding hydrogens is 310 g/mol. The molecule has 0 atom stereocenters. The zero-order chi connectivity index (χ0) is 15.4. The van der Waals surface area contributed by atoms with Crippen LogP contribution in [0.2, 0.25) is 5.02 Å². The van der Waals surface area contributed by atoms with Gasteiger partial charge in [-0.3, -0.25) is 4.79 Å². The highest BCUT2D eigenvalue weighted by molar-refractivity contribution is 7.12. The van der Waals surface area contributed by atoms with Crippen molar-refractivity contribution >= 4 is 46.6 Å². The van der Waals surface area contributed by atoms with E-state index >= 15 is 0 Å². The van der Waals surface area contributed by atoms with Crippen LogP contribution in [0.25, 0.3) is 6.08 Å². The Morgan fingerprint density at radius 3 is 2.62 bits per heavy atom. The van der Waals surface area contributed by atoms with Crippen molar-refractivity contribution in [2.75, 3.05) is 5.32 Å². The van der Waals surface area contributed by atoms with Gasteiger partial charge in [-0.15, -0.1) is 11.3 Å². The summed E-state index contributed by atoms with van der Waals surface area (Å²) in [5, 5.41) is 11.6. The summed E-state index contributed by atoms with van der Waals surface area (Å²) in [5.74, 6) is -1.39. The van der Waals surface area contributed by atoms with Gasteiger partial charge in [0.1, 0.15) is 0 Å². The summed E-state index contributed by atoms with van der Waals surface area (Å²) < 4.78 is 0. The van der Waals surface area contributed by atoms with Crippen LogP contribution in [0.3, 0.4) is 0 Å². The number of rotatable bonds is 4. The lowest BCUT2D eigenvalue weighted by molar-refractivity contribution is -0.111. The molecule has 0 bridgehead atoms. The molecule has 21 heavy (non-hydrogen) atoms. The minimum atomic E-state index is -1.07. The fourth-order valence-electron chi connectivity index (χ4n) is 1.62. The minimum Gasteiger partial charge on any atom is -0.478 e. The van der Waals surface area contributed by atoms with Crippen molar-refractivity contribution in [1.29, 1.82) is 0 Å². The van der Waals surface area contributed by atoms with Gasteiger partial charge in [0.05, 0.1) is 16.3 Å². The Morgan fingerprint density at radius 2 is 2.05 bits per heavy atom. The number of carboxylic acid groups (broad SMARTS) is 1. The molecular formula is C15H12ClNO3S. The number of nitrogens with one attached hydrogen (secondary N) is 1. The molecule has 6 heteroatoms. The highest BCUT2D eigenvalue weighted by Crippen LogP contribution is 2.23. The molecule has 0 aliphatic heterocycles. The molecule has 1 heterocycles. The first-order valence-electron chi connectivity index (χ1n) is 6.04. The molecule has 0 radical (unpaired) electrons. The largest absolute Gasteiger partial charge is 0.478 e. The molecule has 2 rings (SSSR count). The lowest BCUT2D eigenvalue weighted by Gasteiger charge is -2.05. The standard InChI is InChI=1S/C15H12ClNO3S/c1-9-2-4-11(21-9)5-7-14(18)17-13-6-3-10(15(19)20)8-12(13)16/h2-8H,1H3,(H,17,18)(H,19,20). The molecule has 2 aromatic rings. The van der Waals surface area contributed by atoms with Crippen LogP contribution in [0.4, 0.5) is 5.69 Å². The van der Waals surface area contributed by atoms with Crippen LogP contribution in [0.5, 0.6) is 0 Å². The number of thiophene rings is 1. The van der Waals surface area contributed by atoms with E-state index in [2.05, 4.69) is 5.32 Å². The number of aromatic carboxylic acids is 1. The average Bonchev–Trinajstić information content (AvgIpc) is 2.84. The molecule has 0 spiro atoms. The van der Waals surface area contributed by atoms with E-state index in [9.17, 15) is 9.59 Å². The fraction of sp³-hybridized carbons (Fsp3) is 0.0667. The smallest absolute Gasteiger partial charge is 0.335 e. The Labute approximate surface area is 130 Å². The summed E-state index contributed by atoms with van der Waals surface area (Å²) in [6, 6.07) is 8.05. The molecule has 0 saturated heterocycles. The van der Waals surface area contributed by atoms with Gasteiger partial charge in [0.2, 0.25) is 5.91 Å². The SMILES string of the molecule is Cc1ccc(C=CC(=O)Nc2ccc(C(=O)O)cc2Cl)s1. The molecule has 2 N–H and O–H groups in total. The molecule has 0 fully saturated rings. The molecule has 1 amide bonds. The maximum atomic E-state index is 11.8. The molecule has 108 valence electrons. The predicted molar refractivity (Wildman–Crippen MR) is 85.1 cm³/mol.